The molecule has 90 valence electrons. The summed E-state index contributed by atoms with van der Waals surface area (Å²) in [6.45, 7) is 1.78. The molecule has 6 heteroatoms. The smallest absolute Gasteiger partial charge is 0.251 e. The van der Waals surface area contributed by atoms with E-state index in [-0.39, 0.29) is 17.9 Å². The third kappa shape index (κ3) is 2.41. The number of likely N-dealkylation sites (N-methyl/N-ethyl adjacent to an activating group) is 1. The average Bonchev–Trinajstić information content (AvgIpc) is 2.30. The number of nitrogens with one attached hydrogen (secondary N) is 1. The summed E-state index contributed by atoms with van der Waals surface area (Å²) in [4.78, 5) is 32.4. The van der Waals surface area contributed by atoms with Gasteiger partial charge < -0.3 is 5.32 Å². The van der Waals surface area contributed by atoms with E-state index in [9.17, 15) is 9.59 Å². The minimum atomic E-state index is -0.382. The van der Waals surface area contributed by atoms with Gasteiger partial charge in [-0.3, -0.25) is 14.5 Å². The Morgan fingerprint density at radius 3 is 2.94 bits per heavy atom. The zero-order valence-corrected chi connectivity index (χ0v) is 9.80. The molecule has 1 unspecified atom stereocenters. The molecule has 0 radical (unpaired) electrons. The van der Waals surface area contributed by atoms with Gasteiger partial charge in [-0.25, -0.2) is 9.97 Å². The molecule has 1 saturated heterocycles. The second kappa shape index (κ2) is 4.48. The van der Waals surface area contributed by atoms with E-state index in [1.54, 1.807) is 19.2 Å². The highest BCUT2D eigenvalue weighted by molar-refractivity contribution is 6.01. The quantitative estimate of drug-likeness (QED) is 0.747. The first kappa shape index (κ1) is 11.5. The molecule has 1 aromatic heterocycles. The predicted molar refractivity (Wildman–Crippen MR) is 61.2 cm³/mol. The highest BCUT2D eigenvalue weighted by Crippen LogP contribution is 2.15. The molecule has 1 N–H and O–H groups in total. The molecule has 0 spiro atoms. The van der Waals surface area contributed by atoms with Crippen LogP contribution in [0.1, 0.15) is 18.7 Å². The number of aromatic nitrogens is 2. The Morgan fingerprint density at radius 2 is 2.24 bits per heavy atom. The van der Waals surface area contributed by atoms with Crippen molar-refractivity contribution in [3.05, 3.63) is 18.1 Å². The summed E-state index contributed by atoms with van der Waals surface area (Å²) in [6, 6.07) is 1.32. The van der Waals surface area contributed by atoms with Crippen LogP contribution in [0.2, 0.25) is 0 Å². The number of hydrogen-bond acceptors (Lipinski definition) is 5. The summed E-state index contributed by atoms with van der Waals surface area (Å²) in [5, 5.41) is 3.03. The van der Waals surface area contributed by atoms with Crippen LogP contribution in [-0.2, 0) is 9.59 Å². The number of rotatable bonds is 2. The number of imide groups is 1. The monoisotopic (exact) mass is 234 g/mol. The lowest BCUT2D eigenvalue weighted by Gasteiger charge is -2.28. The highest BCUT2D eigenvalue weighted by Gasteiger charge is 2.31. The Balaban J connectivity index is 2.09. The van der Waals surface area contributed by atoms with E-state index >= 15 is 0 Å². The number of aryl methyl sites for hydroxylation is 1. The van der Waals surface area contributed by atoms with E-state index in [1.165, 1.54) is 7.05 Å². The van der Waals surface area contributed by atoms with Crippen molar-refractivity contribution in [3.63, 3.8) is 0 Å². The van der Waals surface area contributed by atoms with Crippen molar-refractivity contribution in [2.75, 3.05) is 12.4 Å². The number of amides is 2. The number of hydrogen-bond donors (Lipinski definition) is 1. The van der Waals surface area contributed by atoms with Gasteiger partial charge in [-0.05, 0) is 19.4 Å². The van der Waals surface area contributed by atoms with Crippen LogP contribution in [0.3, 0.4) is 0 Å². The fourth-order valence-electron chi connectivity index (χ4n) is 1.76. The van der Waals surface area contributed by atoms with Gasteiger partial charge in [0.2, 0.25) is 5.91 Å². The lowest BCUT2D eigenvalue weighted by Crippen LogP contribution is -2.48. The third-order valence-electron chi connectivity index (χ3n) is 2.75. The van der Waals surface area contributed by atoms with Crippen molar-refractivity contribution in [2.45, 2.75) is 25.8 Å². The molecule has 2 rings (SSSR count). The van der Waals surface area contributed by atoms with Crippen LogP contribution in [-0.4, -0.2) is 39.8 Å². The Hall–Kier alpha value is -1.98. The van der Waals surface area contributed by atoms with Crippen LogP contribution in [0.15, 0.2) is 12.3 Å². The maximum absolute atomic E-state index is 11.8. The molecule has 17 heavy (non-hydrogen) atoms. The van der Waals surface area contributed by atoms with Crippen LogP contribution in [0.4, 0.5) is 5.82 Å². The first-order valence-corrected chi connectivity index (χ1v) is 5.44. The molecular weight excluding hydrogens is 220 g/mol. The van der Waals surface area contributed by atoms with Crippen molar-refractivity contribution in [1.82, 2.24) is 14.9 Å². The van der Waals surface area contributed by atoms with Crippen molar-refractivity contribution < 1.29 is 9.59 Å². The van der Waals surface area contributed by atoms with Crippen LogP contribution in [0, 0.1) is 6.92 Å². The van der Waals surface area contributed by atoms with E-state index in [2.05, 4.69) is 15.3 Å². The molecule has 0 saturated carbocycles. The first-order chi connectivity index (χ1) is 8.08. The van der Waals surface area contributed by atoms with Gasteiger partial charge >= 0.3 is 0 Å². The minimum Gasteiger partial charge on any atom is -0.358 e. The van der Waals surface area contributed by atoms with Crippen LogP contribution >= 0.6 is 0 Å². The number of carbonyl (C=O) groups is 2. The largest absolute Gasteiger partial charge is 0.358 e. The predicted octanol–water partition coefficient (Wildman–Crippen LogP) is 0.344. The number of carbonyl (C=O) groups excluding carboxylic acids is 2. The van der Waals surface area contributed by atoms with Gasteiger partial charge in [0, 0.05) is 19.7 Å². The number of anilines is 1. The minimum absolute atomic E-state index is 0.132. The standard InChI is InChI=1S/C11H14N4O2/c1-7-12-6-5-9(13-7)14-8-3-4-10(16)15(2)11(8)17/h5-6,8H,3-4H2,1-2H3,(H,12,13,14). The molecule has 0 aliphatic carbocycles. The van der Waals surface area contributed by atoms with Crippen LogP contribution < -0.4 is 5.32 Å². The van der Waals surface area contributed by atoms with E-state index < -0.39 is 0 Å². The van der Waals surface area contributed by atoms with Crippen molar-refractivity contribution >= 4 is 17.6 Å². The van der Waals surface area contributed by atoms with Crippen molar-refractivity contribution in [3.8, 4) is 0 Å². The molecule has 1 fully saturated rings. The van der Waals surface area contributed by atoms with Gasteiger partial charge in [0.1, 0.15) is 17.7 Å². The zero-order valence-electron chi connectivity index (χ0n) is 9.80. The lowest BCUT2D eigenvalue weighted by molar-refractivity contribution is -0.146. The summed E-state index contributed by atoms with van der Waals surface area (Å²) >= 11 is 0. The van der Waals surface area contributed by atoms with Crippen molar-refractivity contribution in [1.29, 1.82) is 0 Å². The Labute approximate surface area is 99.1 Å². The zero-order chi connectivity index (χ0) is 12.4. The Morgan fingerprint density at radius 1 is 1.47 bits per heavy atom. The average molecular weight is 234 g/mol. The summed E-state index contributed by atoms with van der Waals surface area (Å²) in [5.41, 5.74) is 0. The van der Waals surface area contributed by atoms with Gasteiger partial charge in [0.25, 0.3) is 5.91 Å². The summed E-state index contributed by atoms with van der Waals surface area (Å²) in [5.74, 6) is 0.908. The number of nitrogens with zero attached hydrogens (tertiary/aromatic N) is 3. The summed E-state index contributed by atoms with van der Waals surface area (Å²) in [7, 11) is 1.50. The normalized spacial score (nSPS) is 20.6. The van der Waals surface area contributed by atoms with Gasteiger partial charge in [0.15, 0.2) is 0 Å². The van der Waals surface area contributed by atoms with Crippen LogP contribution in [0.25, 0.3) is 0 Å². The molecule has 1 aliphatic heterocycles. The topological polar surface area (TPSA) is 75.2 Å². The molecule has 1 aromatic rings. The Bertz CT molecular complexity index is 461. The van der Waals surface area contributed by atoms with Gasteiger partial charge in [-0.2, -0.15) is 0 Å². The van der Waals surface area contributed by atoms with Crippen LogP contribution in [0.5, 0.6) is 0 Å². The van der Waals surface area contributed by atoms with Gasteiger partial charge in [0.05, 0.1) is 0 Å². The van der Waals surface area contributed by atoms with Crippen molar-refractivity contribution in [2.24, 2.45) is 0 Å². The molecule has 2 amide bonds. The maximum atomic E-state index is 11.8. The van der Waals surface area contributed by atoms with E-state index in [0.717, 1.165) is 4.90 Å². The fourth-order valence-corrected chi connectivity index (χ4v) is 1.76. The number of likely N-dealkylation sites (tertiary alicyclic amines) is 1. The molecule has 1 aliphatic rings. The highest BCUT2D eigenvalue weighted by atomic mass is 16.2. The SMILES string of the molecule is Cc1nccc(NC2CCC(=O)N(C)C2=O)n1. The lowest BCUT2D eigenvalue weighted by atomic mass is 10.0. The molecule has 0 aromatic carbocycles. The second-order valence-electron chi connectivity index (χ2n) is 4.02. The second-order valence-corrected chi connectivity index (χ2v) is 4.02. The summed E-state index contributed by atoms with van der Waals surface area (Å²) in [6.07, 6.45) is 2.52. The molecular formula is C11H14N4O2. The Kier molecular flexibility index (Phi) is 3.03. The van der Waals surface area contributed by atoms with E-state index in [0.29, 0.717) is 24.5 Å². The number of piperidine rings is 1. The summed E-state index contributed by atoms with van der Waals surface area (Å²) < 4.78 is 0. The third-order valence-corrected chi connectivity index (χ3v) is 2.75. The first-order valence-electron chi connectivity index (χ1n) is 5.44. The van der Waals surface area contributed by atoms with E-state index in [1.807, 2.05) is 0 Å². The van der Waals surface area contributed by atoms with Gasteiger partial charge in [-0.1, -0.05) is 0 Å². The maximum Gasteiger partial charge on any atom is 0.251 e. The van der Waals surface area contributed by atoms with Gasteiger partial charge in [-0.15, -0.1) is 0 Å². The fraction of sp³-hybridized carbons (Fsp3) is 0.455. The molecule has 1 atom stereocenters. The molecule has 2 heterocycles. The molecule has 6 nitrogen and oxygen atoms in total. The van der Waals surface area contributed by atoms with E-state index in [4.69, 9.17) is 0 Å². The molecule has 0 bridgehead atoms.